The fourth-order valence-corrected chi connectivity index (χ4v) is 2.11. The molecule has 2 aromatic rings. The Bertz CT molecular complexity index is 528. The van der Waals surface area contributed by atoms with E-state index in [-0.39, 0.29) is 0 Å². The Balaban J connectivity index is 1.97. The van der Waals surface area contributed by atoms with Gasteiger partial charge in [0.2, 0.25) is 0 Å². The van der Waals surface area contributed by atoms with E-state index in [1.54, 1.807) is 6.26 Å². The van der Waals surface area contributed by atoms with Crippen molar-refractivity contribution in [3.05, 3.63) is 53.5 Å². The molecule has 0 amide bonds. The highest BCUT2D eigenvalue weighted by Gasteiger charge is 2.06. The fraction of sp³-hybridized carbons (Fsp3) is 0.412. The molecule has 3 heteroatoms. The van der Waals surface area contributed by atoms with Gasteiger partial charge in [-0.2, -0.15) is 0 Å². The van der Waals surface area contributed by atoms with Crippen LogP contribution in [-0.4, -0.2) is 13.1 Å². The smallest absolute Gasteiger partial charge is 0.105 e. The van der Waals surface area contributed by atoms with Gasteiger partial charge in [-0.15, -0.1) is 0 Å². The minimum atomic E-state index is 0.515. The molecule has 0 saturated heterocycles. The first kappa shape index (κ1) is 14.7. The lowest BCUT2D eigenvalue weighted by Crippen LogP contribution is -2.22. The summed E-state index contributed by atoms with van der Waals surface area (Å²) < 4.78 is 5.34. The maximum absolute atomic E-state index is 5.34. The van der Waals surface area contributed by atoms with Gasteiger partial charge >= 0.3 is 0 Å². The van der Waals surface area contributed by atoms with Crippen molar-refractivity contribution < 1.29 is 4.42 Å². The van der Waals surface area contributed by atoms with Gasteiger partial charge in [-0.3, -0.25) is 0 Å². The summed E-state index contributed by atoms with van der Waals surface area (Å²) >= 11 is 0. The number of nitrogens with zero attached hydrogens (tertiary/aromatic N) is 1. The minimum Gasteiger partial charge on any atom is -0.469 e. The summed E-state index contributed by atoms with van der Waals surface area (Å²) in [4.78, 5) is 2.23. The van der Waals surface area contributed by atoms with Gasteiger partial charge in [-0.05, 0) is 30.7 Å². The van der Waals surface area contributed by atoms with Crippen LogP contribution >= 0.6 is 0 Å². The molecule has 0 aliphatic heterocycles. The number of furan rings is 1. The predicted molar refractivity (Wildman–Crippen MR) is 84.0 cm³/mol. The lowest BCUT2D eigenvalue weighted by molar-refractivity contribution is 0.529. The largest absolute Gasteiger partial charge is 0.469 e. The molecule has 1 heterocycles. The van der Waals surface area contributed by atoms with Crippen molar-refractivity contribution >= 4 is 5.69 Å². The molecular formula is C17H24N2O. The summed E-state index contributed by atoms with van der Waals surface area (Å²) in [5, 5.41) is 3.43. The van der Waals surface area contributed by atoms with E-state index in [1.807, 2.05) is 13.0 Å². The second-order valence-corrected chi connectivity index (χ2v) is 5.56. The van der Waals surface area contributed by atoms with E-state index in [9.17, 15) is 0 Å². The van der Waals surface area contributed by atoms with Crippen LogP contribution in [0.5, 0.6) is 0 Å². The van der Waals surface area contributed by atoms with E-state index in [0.717, 1.165) is 18.8 Å². The molecule has 0 saturated carbocycles. The lowest BCUT2D eigenvalue weighted by Gasteiger charge is -2.19. The summed E-state index contributed by atoms with van der Waals surface area (Å²) in [6, 6.07) is 11.3. The van der Waals surface area contributed by atoms with E-state index >= 15 is 0 Å². The van der Waals surface area contributed by atoms with Crippen molar-refractivity contribution in [2.75, 3.05) is 11.9 Å². The van der Waals surface area contributed by atoms with Crippen LogP contribution in [0, 0.1) is 6.92 Å². The minimum absolute atomic E-state index is 0.515. The average molecular weight is 272 g/mol. The topological polar surface area (TPSA) is 28.4 Å². The summed E-state index contributed by atoms with van der Waals surface area (Å²) in [6.07, 6.45) is 1.75. The van der Waals surface area contributed by atoms with E-state index in [2.05, 4.69) is 55.4 Å². The van der Waals surface area contributed by atoms with Crippen molar-refractivity contribution in [2.45, 2.75) is 39.9 Å². The van der Waals surface area contributed by atoms with Gasteiger partial charge in [0.15, 0.2) is 0 Å². The highest BCUT2D eigenvalue weighted by atomic mass is 16.3. The zero-order chi connectivity index (χ0) is 14.5. The Morgan fingerprint density at radius 3 is 2.40 bits per heavy atom. The highest BCUT2D eigenvalue weighted by molar-refractivity contribution is 5.47. The van der Waals surface area contributed by atoms with Gasteiger partial charge in [0.05, 0.1) is 6.26 Å². The Morgan fingerprint density at radius 2 is 1.85 bits per heavy atom. The van der Waals surface area contributed by atoms with Crippen LogP contribution in [-0.2, 0) is 13.1 Å². The molecule has 0 spiro atoms. The quantitative estimate of drug-likeness (QED) is 0.868. The maximum Gasteiger partial charge on any atom is 0.105 e. The summed E-state index contributed by atoms with van der Waals surface area (Å²) in [5.74, 6) is 0.995. The summed E-state index contributed by atoms with van der Waals surface area (Å²) in [7, 11) is 2.10. The summed E-state index contributed by atoms with van der Waals surface area (Å²) in [5.41, 5.74) is 3.77. The molecule has 0 aliphatic rings. The molecule has 3 nitrogen and oxygen atoms in total. The second kappa shape index (κ2) is 6.62. The Hall–Kier alpha value is -1.74. The Morgan fingerprint density at radius 1 is 1.15 bits per heavy atom. The SMILES string of the molecule is Cc1occc1CN(C)c1ccc(CNC(C)C)cc1. The highest BCUT2D eigenvalue weighted by Crippen LogP contribution is 2.18. The van der Waals surface area contributed by atoms with Crippen LogP contribution in [0.1, 0.15) is 30.7 Å². The first-order valence-corrected chi connectivity index (χ1v) is 7.12. The van der Waals surface area contributed by atoms with Gasteiger partial charge < -0.3 is 14.6 Å². The van der Waals surface area contributed by atoms with Crippen molar-refractivity contribution in [1.29, 1.82) is 0 Å². The molecule has 1 aromatic heterocycles. The average Bonchev–Trinajstić information content (AvgIpc) is 2.82. The number of aryl methyl sites for hydroxylation is 1. The predicted octanol–water partition coefficient (Wildman–Crippen LogP) is 3.72. The lowest BCUT2D eigenvalue weighted by atomic mass is 10.1. The molecule has 2 rings (SSSR count). The first-order valence-electron chi connectivity index (χ1n) is 7.12. The Labute approximate surface area is 121 Å². The molecule has 0 radical (unpaired) electrons. The molecule has 0 atom stereocenters. The van der Waals surface area contributed by atoms with Gasteiger partial charge in [-0.25, -0.2) is 0 Å². The second-order valence-electron chi connectivity index (χ2n) is 5.56. The Kier molecular flexibility index (Phi) is 4.85. The normalized spacial score (nSPS) is 11.1. The van der Waals surface area contributed by atoms with Crippen LogP contribution in [0.3, 0.4) is 0 Å². The van der Waals surface area contributed by atoms with E-state index in [1.165, 1.54) is 16.8 Å². The number of rotatable bonds is 6. The molecular weight excluding hydrogens is 248 g/mol. The number of nitrogens with one attached hydrogen (secondary N) is 1. The number of hydrogen-bond acceptors (Lipinski definition) is 3. The molecule has 0 aliphatic carbocycles. The van der Waals surface area contributed by atoms with Crippen LogP contribution in [0.15, 0.2) is 41.0 Å². The van der Waals surface area contributed by atoms with Gasteiger partial charge in [0.1, 0.15) is 5.76 Å². The van der Waals surface area contributed by atoms with Crippen molar-refractivity contribution in [3.8, 4) is 0 Å². The van der Waals surface area contributed by atoms with Gasteiger partial charge in [0, 0.05) is 37.4 Å². The van der Waals surface area contributed by atoms with Crippen LogP contribution in [0.2, 0.25) is 0 Å². The number of anilines is 1. The fourth-order valence-electron chi connectivity index (χ4n) is 2.11. The zero-order valence-corrected chi connectivity index (χ0v) is 12.8. The third-order valence-electron chi connectivity index (χ3n) is 3.47. The zero-order valence-electron chi connectivity index (χ0n) is 12.8. The van der Waals surface area contributed by atoms with E-state index in [4.69, 9.17) is 4.42 Å². The molecule has 0 unspecified atom stereocenters. The van der Waals surface area contributed by atoms with E-state index in [0.29, 0.717) is 6.04 Å². The standard InChI is InChI=1S/C17H24N2O/c1-13(2)18-11-15-5-7-17(8-6-15)19(4)12-16-9-10-20-14(16)3/h5-10,13,18H,11-12H2,1-4H3. The third kappa shape index (κ3) is 3.87. The number of benzene rings is 1. The monoisotopic (exact) mass is 272 g/mol. The number of hydrogen-bond donors (Lipinski definition) is 1. The molecule has 0 bridgehead atoms. The third-order valence-corrected chi connectivity index (χ3v) is 3.47. The maximum atomic E-state index is 5.34. The van der Waals surface area contributed by atoms with Gasteiger partial charge in [0.25, 0.3) is 0 Å². The van der Waals surface area contributed by atoms with Crippen LogP contribution in [0.25, 0.3) is 0 Å². The van der Waals surface area contributed by atoms with E-state index < -0.39 is 0 Å². The first-order chi connectivity index (χ1) is 9.56. The van der Waals surface area contributed by atoms with Crippen molar-refractivity contribution in [2.24, 2.45) is 0 Å². The van der Waals surface area contributed by atoms with Crippen molar-refractivity contribution in [1.82, 2.24) is 5.32 Å². The molecule has 1 N–H and O–H groups in total. The molecule has 20 heavy (non-hydrogen) atoms. The van der Waals surface area contributed by atoms with Crippen LogP contribution in [0.4, 0.5) is 5.69 Å². The summed E-state index contributed by atoms with van der Waals surface area (Å²) in [6.45, 7) is 8.11. The molecule has 108 valence electrons. The van der Waals surface area contributed by atoms with Crippen molar-refractivity contribution in [3.63, 3.8) is 0 Å². The van der Waals surface area contributed by atoms with Crippen LogP contribution < -0.4 is 10.2 Å². The molecule has 0 fully saturated rings. The molecule has 1 aromatic carbocycles. The van der Waals surface area contributed by atoms with Gasteiger partial charge in [-0.1, -0.05) is 26.0 Å².